The average molecular weight is 433 g/mol. The van der Waals surface area contributed by atoms with Gasteiger partial charge in [0, 0.05) is 31.2 Å². The summed E-state index contributed by atoms with van der Waals surface area (Å²) in [4.78, 5) is 36.6. The van der Waals surface area contributed by atoms with Crippen molar-refractivity contribution in [1.29, 1.82) is 0 Å². The number of nitro benzene ring substituents is 1. The molecule has 150 valence electrons. The molecule has 0 unspecified atom stereocenters. The SMILES string of the molecule is O=C(CCCN1C(=O)/C(=C\c2ccco2)SC1=S)Nc1cc([N+](=O)[O-])ccc1O. The number of hydrogen-bond acceptors (Lipinski definition) is 8. The maximum atomic E-state index is 12.5. The van der Waals surface area contributed by atoms with Crippen LogP contribution in [0.25, 0.3) is 6.08 Å². The summed E-state index contributed by atoms with van der Waals surface area (Å²) in [7, 11) is 0. The van der Waals surface area contributed by atoms with Gasteiger partial charge < -0.3 is 14.8 Å². The molecule has 2 N–H and O–H groups in total. The Hall–Kier alpha value is -3.18. The number of hydrogen-bond donors (Lipinski definition) is 2. The number of carbonyl (C=O) groups excluding carboxylic acids is 2. The van der Waals surface area contributed by atoms with E-state index in [4.69, 9.17) is 16.6 Å². The van der Waals surface area contributed by atoms with Gasteiger partial charge in [0.15, 0.2) is 0 Å². The second-order valence-electron chi connectivity index (χ2n) is 5.96. The number of thiocarbonyl (C=S) groups is 1. The summed E-state index contributed by atoms with van der Waals surface area (Å²) in [5.74, 6) is -0.434. The summed E-state index contributed by atoms with van der Waals surface area (Å²) in [5, 5.41) is 23.0. The molecule has 2 heterocycles. The molecule has 2 aromatic rings. The van der Waals surface area contributed by atoms with Crippen LogP contribution in [-0.4, -0.2) is 37.6 Å². The Balaban J connectivity index is 1.54. The molecule has 1 aliphatic rings. The lowest BCUT2D eigenvalue weighted by Crippen LogP contribution is -2.29. The molecule has 0 aliphatic carbocycles. The van der Waals surface area contributed by atoms with Gasteiger partial charge in [0.05, 0.1) is 21.8 Å². The van der Waals surface area contributed by atoms with Crippen LogP contribution in [0, 0.1) is 10.1 Å². The van der Waals surface area contributed by atoms with Crippen molar-refractivity contribution in [1.82, 2.24) is 4.90 Å². The first-order valence-corrected chi connectivity index (χ1v) is 9.64. The minimum Gasteiger partial charge on any atom is -0.506 e. The number of carbonyl (C=O) groups is 2. The maximum Gasteiger partial charge on any atom is 0.271 e. The number of thioether (sulfide) groups is 1. The molecule has 0 saturated carbocycles. The van der Waals surface area contributed by atoms with Gasteiger partial charge in [-0.3, -0.25) is 24.6 Å². The summed E-state index contributed by atoms with van der Waals surface area (Å²) in [6.45, 7) is 0.245. The van der Waals surface area contributed by atoms with Gasteiger partial charge >= 0.3 is 0 Å². The van der Waals surface area contributed by atoms with E-state index in [0.717, 1.165) is 30.0 Å². The molecule has 11 heteroatoms. The Morgan fingerprint density at radius 1 is 1.41 bits per heavy atom. The first kappa shape index (κ1) is 20.6. The van der Waals surface area contributed by atoms with Crippen LogP contribution in [0.3, 0.4) is 0 Å². The second-order valence-corrected chi connectivity index (χ2v) is 7.63. The molecule has 1 fully saturated rings. The van der Waals surface area contributed by atoms with E-state index in [9.17, 15) is 24.8 Å². The van der Waals surface area contributed by atoms with E-state index in [-0.39, 0.29) is 36.0 Å². The molecule has 9 nitrogen and oxygen atoms in total. The van der Waals surface area contributed by atoms with E-state index in [1.807, 2.05) is 0 Å². The predicted molar refractivity (Wildman–Crippen MR) is 111 cm³/mol. The second kappa shape index (κ2) is 8.88. The van der Waals surface area contributed by atoms with Crippen LogP contribution in [0.1, 0.15) is 18.6 Å². The third kappa shape index (κ3) is 5.00. The molecule has 1 aromatic heterocycles. The lowest BCUT2D eigenvalue weighted by atomic mass is 10.2. The maximum absolute atomic E-state index is 12.5. The van der Waals surface area contributed by atoms with Gasteiger partial charge in [0.2, 0.25) is 5.91 Å². The zero-order valence-corrected chi connectivity index (χ0v) is 16.5. The molecule has 0 radical (unpaired) electrons. The largest absolute Gasteiger partial charge is 0.506 e. The summed E-state index contributed by atoms with van der Waals surface area (Å²) < 4.78 is 5.59. The van der Waals surface area contributed by atoms with Crippen LogP contribution in [-0.2, 0) is 9.59 Å². The Labute approximate surface area is 174 Å². The minimum atomic E-state index is -0.624. The number of nitrogens with zero attached hydrogens (tertiary/aromatic N) is 2. The molecule has 29 heavy (non-hydrogen) atoms. The highest BCUT2D eigenvalue weighted by atomic mass is 32.2. The predicted octanol–water partition coefficient (Wildman–Crippen LogP) is 3.51. The summed E-state index contributed by atoms with van der Waals surface area (Å²) in [6, 6.07) is 6.79. The molecule has 2 amide bonds. The third-order valence-electron chi connectivity index (χ3n) is 3.94. The fourth-order valence-electron chi connectivity index (χ4n) is 2.54. The van der Waals surface area contributed by atoms with E-state index in [1.54, 1.807) is 18.2 Å². The number of nitrogens with one attached hydrogen (secondary N) is 1. The van der Waals surface area contributed by atoms with Crippen molar-refractivity contribution in [2.24, 2.45) is 0 Å². The fraction of sp³-hybridized carbons (Fsp3) is 0.167. The van der Waals surface area contributed by atoms with E-state index in [2.05, 4.69) is 5.32 Å². The Bertz CT molecular complexity index is 1000. The highest BCUT2D eigenvalue weighted by Crippen LogP contribution is 2.33. The first-order chi connectivity index (χ1) is 13.8. The number of furan rings is 1. The molecular weight excluding hydrogens is 418 g/mol. The minimum absolute atomic E-state index is 0.0381. The van der Waals surface area contributed by atoms with Crippen molar-refractivity contribution in [2.45, 2.75) is 12.8 Å². The molecule has 0 atom stereocenters. The van der Waals surface area contributed by atoms with Crippen molar-refractivity contribution < 1.29 is 24.0 Å². The van der Waals surface area contributed by atoms with Crippen molar-refractivity contribution in [3.8, 4) is 5.75 Å². The standard InChI is InChI=1S/C18H15N3O6S2/c22-14-6-5-11(21(25)26)9-13(14)19-16(23)4-1-7-20-17(24)15(29-18(20)28)10-12-3-2-8-27-12/h2-3,5-6,8-10,22H,1,4,7H2,(H,19,23)/b15-10+. The van der Waals surface area contributed by atoms with Gasteiger partial charge in [-0.25, -0.2) is 0 Å². The Morgan fingerprint density at radius 3 is 2.90 bits per heavy atom. The first-order valence-electron chi connectivity index (χ1n) is 8.41. The van der Waals surface area contributed by atoms with Crippen molar-refractivity contribution in [3.63, 3.8) is 0 Å². The van der Waals surface area contributed by atoms with Crippen LogP contribution in [0.2, 0.25) is 0 Å². The topological polar surface area (TPSA) is 126 Å². The molecule has 1 saturated heterocycles. The number of aromatic hydroxyl groups is 1. The van der Waals surface area contributed by atoms with Crippen molar-refractivity contribution in [3.05, 3.63) is 57.4 Å². The van der Waals surface area contributed by atoms with Gasteiger partial charge in [0.1, 0.15) is 15.8 Å². The zero-order valence-electron chi connectivity index (χ0n) is 14.9. The number of phenolic OH excluding ortho intramolecular Hbond substituents is 1. The Morgan fingerprint density at radius 2 is 2.21 bits per heavy atom. The van der Waals surface area contributed by atoms with E-state index < -0.39 is 10.8 Å². The van der Waals surface area contributed by atoms with Gasteiger partial charge in [-0.15, -0.1) is 0 Å². The zero-order chi connectivity index (χ0) is 21.0. The number of benzene rings is 1. The number of nitro groups is 1. The molecule has 1 aromatic carbocycles. The molecule has 1 aliphatic heterocycles. The highest BCUT2D eigenvalue weighted by Gasteiger charge is 2.31. The quantitative estimate of drug-likeness (QED) is 0.223. The smallest absolute Gasteiger partial charge is 0.271 e. The Kier molecular flexibility index (Phi) is 6.29. The van der Waals surface area contributed by atoms with Gasteiger partial charge in [0.25, 0.3) is 11.6 Å². The molecular formula is C18H15N3O6S2. The van der Waals surface area contributed by atoms with Crippen molar-refractivity contribution >= 4 is 57.6 Å². The number of anilines is 1. The summed E-state index contributed by atoms with van der Waals surface area (Å²) in [6.07, 6.45) is 3.47. The lowest BCUT2D eigenvalue weighted by molar-refractivity contribution is -0.384. The number of rotatable bonds is 7. The number of non-ortho nitro benzene ring substituents is 1. The normalized spacial score (nSPS) is 15.2. The summed E-state index contributed by atoms with van der Waals surface area (Å²) in [5.41, 5.74) is -0.296. The van der Waals surface area contributed by atoms with Crippen LogP contribution >= 0.6 is 24.0 Å². The lowest BCUT2D eigenvalue weighted by Gasteiger charge is -2.14. The van der Waals surface area contributed by atoms with Crippen LogP contribution < -0.4 is 5.32 Å². The number of phenols is 1. The van der Waals surface area contributed by atoms with E-state index >= 15 is 0 Å². The van der Waals surface area contributed by atoms with Crippen molar-refractivity contribution in [2.75, 3.05) is 11.9 Å². The molecule has 3 rings (SSSR count). The van der Waals surface area contributed by atoms with Gasteiger partial charge in [-0.1, -0.05) is 24.0 Å². The van der Waals surface area contributed by atoms with E-state index in [0.29, 0.717) is 21.4 Å². The average Bonchev–Trinajstić information content (AvgIpc) is 3.27. The molecule has 0 bridgehead atoms. The van der Waals surface area contributed by atoms with E-state index in [1.165, 1.54) is 11.2 Å². The van der Waals surface area contributed by atoms with Gasteiger partial charge in [-0.2, -0.15) is 0 Å². The summed E-state index contributed by atoms with van der Waals surface area (Å²) >= 11 is 6.39. The van der Waals surface area contributed by atoms with Crippen LogP contribution in [0.15, 0.2) is 45.9 Å². The molecule has 0 spiro atoms. The highest BCUT2D eigenvalue weighted by molar-refractivity contribution is 8.26. The number of amides is 2. The van der Waals surface area contributed by atoms with Crippen LogP contribution in [0.4, 0.5) is 11.4 Å². The third-order valence-corrected chi connectivity index (χ3v) is 5.32. The van der Waals surface area contributed by atoms with Crippen LogP contribution in [0.5, 0.6) is 5.75 Å². The van der Waals surface area contributed by atoms with Gasteiger partial charge in [-0.05, 0) is 24.6 Å². The monoisotopic (exact) mass is 433 g/mol. The fourth-order valence-corrected chi connectivity index (χ4v) is 3.83.